The van der Waals surface area contributed by atoms with Gasteiger partial charge in [-0.1, -0.05) is 48.9 Å². The van der Waals surface area contributed by atoms with Crippen molar-refractivity contribution in [1.82, 2.24) is 0 Å². The van der Waals surface area contributed by atoms with Crippen molar-refractivity contribution in [2.24, 2.45) is 29.1 Å². The maximum atomic E-state index is 13.2. The Balaban J connectivity index is 1.24. The van der Waals surface area contributed by atoms with E-state index in [0.29, 0.717) is 23.7 Å². The quantitative estimate of drug-likeness (QED) is 0.531. The van der Waals surface area contributed by atoms with Gasteiger partial charge in [0.1, 0.15) is 0 Å². The highest BCUT2D eigenvalue weighted by atomic mass is 16.3. The van der Waals surface area contributed by atoms with E-state index in [1.165, 1.54) is 5.57 Å². The number of furan rings is 1. The summed E-state index contributed by atoms with van der Waals surface area (Å²) in [5.41, 5.74) is 3.70. The number of fused-ring (bicyclic) bond motifs is 5. The highest BCUT2D eigenvalue weighted by Crippen LogP contribution is 2.65. The highest BCUT2D eigenvalue weighted by Gasteiger charge is 2.61. The average Bonchev–Trinajstić information content (AvgIpc) is 3.49. The van der Waals surface area contributed by atoms with Crippen LogP contribution in [0.5, 0.6) is 0 Å². The van der Waals surface area contributed by atoms with Crippen LogP contribution in [-0.2, 0) is 4.79 Å². The summed E-state index contributed by atoms with van der Waals surface area (Å²) in [5, 5.41) is 20.9. The molecule has 2 aromatic rings. The van der Waals surface area contributed by atoms with E-state index < -0.39 is 5.60 Å². The fourth-order valence-electron chi connectivity index (χ4n) is 8.39. The first-order chi connectivity index (χ1) is 16.9. The van der Waals surface area contributed by atoms with Crippen molar-refractivity contribution in [3.63, 3.8) is 0 Å². The molecule has 0 aliphatic heterocycles. The maximum Gasteiger partial charge on any atom is 0.163 e. The number of rotatable bonds is 4. The van der Waals surface area contributed by atoms with Gasteiger partial charge in [0.15, 0.2) is 5.78 Å². The standard InChI is InChI=1S/C31H36O4/c1-30-13-9-24-25(28(30)10-14-31(30,34)12-2-15-32)8-7-22-17-29(33)27(18-26(22)24)21-5-3-20(4-6-21)23-11-16-35-19-23/h2-6,11-12,16-17,19,24-28,32,34H,7-10,13-15,18H2,1H3/b12-2-/t24-,25+,26-,27?,28-,30-,31-/m0/s1. The Morgan fingerprint density at radius 2 is 1.89 bits per heavy atom. The summed E-state index contributed by atoms with van der Waals surface area (Å²) in [4.78, 5) is 13.2. The predicted molar refractivity (Wildman–Crippen MR) is 136 cm³/mol. The zero-order valence-corrected chi connectivity index (χ0v) is 20.5. The summed E-state index contributed by atoms with van der Waals surface area (Å²) in [6.07, 6.45) is 16.0. The Kier molecular flexibility index (Phi) is 5.65. The van der Waals surface area contributed by atoms with Crippen molar-refractivity contribution in [3.05, 3.63) is 72.2 Å². The molecule has 4 aliphatic rings. The third-order valence-electron chi connectivity index (χ3n) is 10.3. The van der Waals surface area contributed by atoms with Crippen molar-refractivity contribution >= 4 is 5.78 Å². The van der Waals surface area contributed by atoms with Crippen molar-refractivity contribution in [1.29, 1.82) is 0 Å². The van der Waals surface area contributed by atoms with Gasteiger partial charge in [0.05, 0.1) is 24.7 Å². The van der Waals surface area contributed by atoms with E-state index in [1.54, 1.807) is 18.6 Å². The maximum absolute atomic E-state index is 13.2. The first kappa shape index (κ1) is 23.0. The lowest BCUT2D eigenvalue weighted by atomic mass is 9.50. The number of ketones is 1. The van der Waals surface area contributed by atoms with Gasteiger partial charge in [0.25, 0.3) is 0 Å². The van der Waals surface area contributed by atoms with E-state index in [0.717, 1.165) is 61.6 Å². The Hall–Kier alpha value is -2.43. The molecular weight excluding hydrogens is 436 g/mol. The zero-order chi connectivity index (χ0) is 24.2. The molecule has 3 saturated carbocycles. The van der Waals surface area contributed by atoms with E-state index in [9.17, 15) is 15.0 Å². The SMILES string of the molecule is C[C@]12CC[C@H]3[C@@H](CCC4=CC(=O)C(c5ccc(-c6ccoc6)cc5)C[C@@H]43)[C@@H]1CC[C@@]2(O)/C=C\CO. The molecule has 2 N–H and O–H groups in total. The molecule has 0 radical (unpaired) electrons. The lowest BCUT2D eigenvalue weighted by Crippen LogP contribution is -2.52. The van der Waals surface area contributed by atoms with Gasteiger partial charge < -0.3 is 14.6 Å². The molecule has 4 nitrogen and oxygen atoms in total. The minimum Gasteiger partial charge on any atom is -0.472 e. The lowest BCUT2D eigenvalue weighted by Gasteiger charge is -2.55. The van der Waals surface area contributed by atoms with Crippen LogP contribution in [0, 0.1) is 29.1 Å². The van der Waals surface area contributed by atoms with Crippen molar-refractivity contribution < 1.29 is 19.4 Å². The van der Waals surface area contributed by atoms with Gasteiger partial charge in [-0.15, -0.1) is 0 Å². The zero-order valence-electron chi connectivity index (χ0n) is 20.5. The normalized spacial score (nSPS) is 38.7. The highest BCUT2D eigenvalue weighted by molar-refractivity contribution is 5.97. The number of hydrogen-bond acceptors (Lipinski definition) is 4. The second-order valence-electron chi connectivity index (χ2n) is 11.6. The Labute approximate surface area is 207 Å². The molecule has 0 saturated heterocycles. The Morgan fingerprint density at radius 3 is 2.63 bits per heavy atom. The first-order valence-corrected chi connectivity index (χ1v) is 13.3. The lowest BCUT2D eigenvalue weighted by molar-refractivity contribution is -0.118. The van der Waals surface area contributed by atoms with E-state index in [1.807, 2.05) is 18.2 Å². The van der Waals surface area contributed by atoms with Gasteiger partial charge in [-0.3, -0.25) is 4.79 Å². The topological polar surface area (TPSA) is 70.7 Å². The minimum atomic E-state index is -0.816. The molecular formula is C31H36O4. The number of allylic oxidation sites excluding steroid dienone is 1. The van der Waals surface area contributed by atoms with E-state index in [2.05, 4.69) is 31.2 Å². The smallest absolute Gasteiger partial charge is 0.163 e. The number of benzene rings is 1. The Bertz CT molecular complexity index is 1140. The van der Waals surface area contributed by atoms with Gasteiger partial charge in [0, 0.05) is 16.9 Å². The van der Waals surface area contributed by atoms with Crippen LogP contribution in [0.2, 0.25) is 0 Å². The predicted octanol–water partition coefficient (Wildman–Crippen LogP) is 6.06. The van der Waals surface area contributed by atoms with Crippen LogP contribution in [-0.4, -0.2) is 28.2 Å². The Morgan fingerprint density at radius 1 is 1.06 bits per heavy atom. The number of aliphatic hydroxyl groups is 2. The van der Waals surface area contributed by atoms with E-state index >= 15 is 0 Å². The summed E-state index contributed by atoms with van der Waals surface area (Å²) in [5.74, 6) is 2.36. The van der Waals surface area contributed by atoms with Gasteiger partial charge in [-0.2, -0.15) is 0 Å². The molecule has 7 atom stereocenters. The molecule has 35 heavy (non-hydrogen) atoms. The second-order valence-corrected chi connectivity index (χ2v) is 11.6. The first-order valence-electron chi connectivity index (χ1n) is 13.3. The van der Waals surface area contributed by atoms with Crippen LogP contribution in [0.15, 0.2) is 71.1 Å². The fraction of sp³-hybridized carbons (Fsp3) is 0.516. The molecule has 4 aliphatic carbocycles. The minimum absolute atomic E-state index is 0.0240. The molecule has 1 heterocycles. The van der Waals surface area contributed by atoms with Gasteiger partial charge in [-0.05, 0) is 91.9 Å². The summed E-state index contributed by atoms with van der Waals surface area (Å²) in [6, 6.07) is 10.4. The molecule has 3 fully saturated rings. The molecule has 6 rings (SSSR count). The third-order valence-corrected chi connectivity index (χ3v) is 10.3. The number of aliphatic hydroxyl groups excluding tert-OH is 1. The number of hydrogen-bond donors (Lipinski definition) is 2. The summed E-state index contributed by atoms with van der Waals surface area (Å²) in [7, 11) is 0. The molecule has 0 bridgehead atoms. The van der Waals surface area contributed by atoms with Crippen LogP contribution in [0.3, 0.4) is 0 Å². The van der Waals surface area contributed by atoms with Gasteiger partial charge in [0.2, 0.25) is 0 Å². The van der Waals surface area contributed by atoms with Gasteiger partial charge >= 0.3 is 0 Å². The van der Waals surface area contributed by atoms with Crippen LogP contribution in [0.1, 0.15) is 63.4 Å². The monoisotopic (exact) mass is 472 g/mol. The van der Waals surface area contributed by atoms with Gasteiger partial charge in [-0.25, -0.2) is 0 Å². The van der Waals surface area contributed by atoms with Crippen LogP contribution < -0.4 is 0 Å². The van der Waals surface area contributed by atoms with Crippen molar-refractivity contribution in [2.75, 3.05) is 6.61 Å². The van der Waals surface area contributed by atoms with E-state index in [-0.39, 0.29) is 23.7 Å². The molecule has 0 amide bonds. The fourth-order valence-corrected chi connectivity index (χ4v) is 8.39. The summed E-state index contributed by atoms with van der Waals surface area (Å²) < 4.78 is 5.22. The second kappa shape index (κ2) is 8.60. The number of carbonyl (C=O) groups excluding carboxylic acids is 1. The third kappa shape index (κ3) is 3.60. The molecule has 1 unspecified atom stereocenters. The molecule has 4 heteroatoms. The number of carbonyl (C=O) groups is 1. The largest absolute Gasteiger partial charge is 0.472 e. The van der Waals surface area contributed by atoms with Crippen molar-refractivity contribution in [3.8, 4) is 11.1 Å². The molecule has 184 valence electrons. The molecule has 0 spiro atoms. The molecule has 1 aromatic heterocycles. The van der Waals surface area contributed by atoms with Crippen molar-refractivity contribution in [2.45, 2.75) is 63.4 Å². The van der Waals surface area contributed by atoms with Crippen LogP contribution in [0.25, 0.3) is 11.1 Å². The molecule has 1 aromatic carbocycles. The summed E-state index contributed by atoms with van der Waals surface area (Å²) in [6.45, 7) is 2.26. The summed E-state index contributed by atoms with van der Waals surface area (Å²) >= 11 is 0. The average molecular weight is 473 g/mol. The van der Waals surface area contributed by atoms with E-state index in [4.69, 9.17) is 4.42 Å². The van der Waals surface area contributed by atoms with Crippen LogP contribution in [0.4, 0.5) is 0 Å². The van der Waals surface area contributed by atoms with Crippen LogP contribution >= 0.6 is 0 Å².